The van der Waals surface area contributed by atoms with E-state index in [0.717, 1.165) is 0 Å². The average molecular weight is 243 g/mol. The van der Waals surface area contributed by atoms with Gasteiger partial charge >= 0.3 is 6.47 Å². The zero-order valence-electron chi connectivity index (χ0n) is 5.48. The maximum absolute atomic E-state index is 9.60. The van der Waals surface area contributed by atoms with Gasteiger partial charge in [-0.1, -0.05) is 22.6 Å². The molecule has 3 nitrogen and oxygen atoms in total. The van der Waals surface area contributed by atoms with E-state index < -0.39 is 0 Å². The van der Waals surface area contributed by atoms with Crippen LogP contribution in [0.1, 0.15) is 13.8 Å². The van der Waals surface area contributed by atoms with Gasteiger partial charge in [-0.2, -0.15) is 5.48 Å². The monoisotopic (exact) mass is 243 g/mol. The van der Waals surface area contributed by atoms with Crippen molar-refractivity contribution in [1.29, 1.82) is 0 Å². The van der Waals surface area contributed by atoms with Crippen molar-refractivity contribution in [3.05, 3.63) is 0 Å². The fourth-order valence-corrected chi connectivity index (χ4v) is 0.403. The predicted molar refractivity (Wildman–Crippen MR) is 43.3 cm³/mol. The van der Waals surface area contributed by atoms with Gasteiger partial charge in [-0.05, 0) is 13.8 Å². The van der Waals surface area contributed by atoms with E-state index in [0.29, 0.717) is 13.0 Å². The summed E-state index contributed by atoms with van der Waals surface area (Å²) in [6.07, 6.45) is 0. The number of carbonyl (C=O) groups is 1. The maximum Gasteiger partial charge on any atom is 0.312 e. The highest BCUT2D eigenvalue weighted by molar-refractivity contribution is 14.1. The minimum atomic E-state index is 0.126. The van der Waals surface area contributed by atoms with Crippen molar-refractivity contribution in [3.8, 4) is 0 Å². The highest BCUT2D eigenvalue weighted by Crippen LogP contribution is 2.13. The molecule has 54 valence electrons. The van der Waals surface area contributed by atoms with Crippen LogP contribution in [0.5, 0.6) is 0 Å². The van der Waals surface area contributed by atoms with Crippen LogP contribution in [0.3, 0.4) is 0 Å². The number of carbonyl (C=O) groups excluding carboxylic acids is 1. The molecule has 0 spiro atoms. The normalized spacial score (nSPS) is 11.0. The first-order valence-corrected chi connectivity index (χ1v) is 3.65. The number of hydrogen-bond donors (Lipinski definition) is 1. The first kappa shape index (κ1) is 9.16. The fraction of sp³-hybridized carbons (Fsp3) is 0.800. The molecule has 9 heavy (non-hydrogen) atoms. The van der Waals surface area contributed by atoms with Crippen molar-refractivity contribution in [3.63, 3.8) is 0 Å². The molecule has 0 aromatic heterocycles. The minimum absolute atomic E-state index is 0.126. The zero-order chi connectivity index (χ0) is 7.33. The summed E-state index contributed by atoms with van der Waals surface area (Å²) in [7, 11) is 0. The topological polar surface area (TPSA) is 38.3 Å². The molecular formula is C5H10INO2. The van der Waals surface area contributed by atoms with Gasteiger partial charge in [0.05, 0.1) is 0 Å². The summed E-state index contributed by atoms with van der Waals surface area (Å²) in [5.74, 6) is 0. The smallest absolute Gasteiger partial charge is 0.312 e. The van der Waals surface area contributed by atoms with Crippen molar-refractivity contribution >= 4 is 29.1 Å². The Bertz CT molecular complexity index is 89.4. The molecule has 0 bridgehead atoms. The highest BCUT2D eigenvalue weighted by Gasteiger charge is 2.10. The van der Waals surface area contributed by atoms with Crippen LogP contribution >= 0.6 is 22.6 Å². The molecule has 0 atom stereocenters. The van der Waals surface area contributed by atoms with Gasteiger partial charge in [0.1, 0.15) is 0 Å². The molecule has 1 N–H and O–H groups in total. The van der Waals surface area contributed by atoms with E-state index in [1.54, 1.807) is 0 Å². The van der Waals surface area contributed by atoms with Crippen LogP contribution in [-0.2, 0) is 9.63 Å². The number of nitrogens with one attached hydrogen (secondary N) is 1. The molecule has 0 radical (unpaired) electrons. The molecule has 0 saturated heterocycles. The molecule has 4 heteroatoms. The van der Waals surface area contributed by atoms with Gasteiger partial charge in [0.15, 0.2) is 0 Å². The quantitative estimate of drug-likeness (QED) is 0.262. The summed E-state index contributed by atoms with van der Waals surface area (Å²) >= 11 is 2.26. The largest absolute Gasteiger partial charge is 0.374 e. The van der Waals surface area contributed by atoms with Crippen molar-refractivity contribution in [1.82, 2.24) is 5.48 Å². The lowest BCUT2D eigenvalue weighted by Crippen LogP contribution is -2.29. The second-order valence-electron chi connectivity index (χ2n) is 2.25. The average Bonchev–Trinajstić information content (AvgIpc) is 1.63. The lowest BCUT2D eigenvalue weighted by molar-refractivity contribution is -0.135. The van der Waals surface area contributed by atoms with Crippen LogP contribution in [0.25, 0.3) is 0 Å². The molecule has 0 rings (SSSR count). The van der Waals surface area contributed by atoms with Gasteiger partial charge in [0, 0.05) is 9.97 Å². The van der Waals surface area contributed by atoms with Crippen LogP contribution < -0.4 is 5.48 Å². The Hall–Kier alpha value is 0.160. The third-order valence-electron chi connectivity index (χ3n) is 0.624. The van der Waals surface area contributed by atoms with Gasteiger partial charge < -0.3 is 4.84 Å². The summed E-state index contributed by atoms with van der Waals surface area (Å²) in [5.41, 5.74) is 2.50. The standard InChI is InChI=1S/C5H10INO2/c1-5(2,6)3-7-9-4-8/h4,7H,3H2,1-2H3. The molecule has 0 fully saturated rings. The van der Waals surface area contributed by atoms with Gasteiger partial charge in [0.25, 0.3) is 0 Å². The Kier molecular flexibility index (Phi) is 4.12. The summed E-state index contributed by atoms with van der Waals surface area (Å²) in [6, 6.07) is 0. The second kappa shape index (κ2) is 4.05. The summed E-state index contributed by atoms with van der Waals surface area (Å²) in [4.78, 5) is 13.9. The van der Waals surface area contributed by atoms with E-state index in [1.165, 1.54) is 0 Å². The van der Waals surface area contributed by atoms with Crippen molar-refractivity contribution in [2.24, 2.45) is 0 Å². The summed E-state index contributed by atoms with van der Waals surface area (Å²) in [6.45, 7) is 5.11. The lowest BCUT2D eigenvalue weighted by atomic mass is 10.2. The minimum Gasteiger partial charge on any atom is -0.374 e. The Morgan fingerprint density at radius 2 is 2.33 bits per heavy atom. The van der Waals surface area contributed by atoms with Gasteiger partial charge in [-0.25, -0.2) is 0 Å². The molecular weight excluding hydrogens is 233 g/mol. The zero-order valence-corrected chi connectivity index (χ0v) is 7.64. The van der Waals surface area contributed by atoms with E-state index in [9.17, 15) is 4.79 Å². The van der Waals surface area contributed by atoms with Crippen molar-refractivity contribution < 1.29 is 9.63 Å². The van der Waals surface area contributed by atoms with E-state index in [1.807, 2.05) is 13.8 Å². The van der Waals surface area contributed by atoms with Crippen molar-refractivity contribution in [2.45, 2.75) is 17.3 Å². The first-order valence-electron chi connectivity index (χ1n) is 2.57. The molecule has 0 amide bonds. The summed E-state index contributed by atoms with van der Waals surface area (Å²) < 4.78 is 0.126. The fourth-order valence-electron chi connectivity index (χ4n) is 0.247. The molecule has 0 heterocycles. The molecule has 0 aliphatic rings. The van der Waals surface area contributed by atoms with E-state index in [4.69, 9.17) is 0 Å². The second-order valence-corrected chi connectivity index (χ2v) is 5.17. The predicted octanol–water partition coefficient (Wildman–Crippen LogP) is 0.878. The van der Waals surface area contributed by atoms with E-state index in [2.05, 4.69) is 32.9 Å². The Morgan fingerprint density at radius 3 is 2.67 bits per heavy atom. The first-order chi connectivity index (χ1) is 4.06. The molecule has 0 aliphatic heterocycles. The number of rotatable bonds is 4. The number of halogens is 1. The van der Waals surface area contributed by atoms with Crippen molar-refractivity contribution in [2.75, 3.05) is 6.54 Å². The molecule has 0 aliphatic carbocycles. The van der Waals surface area contributed by atoms with E-state index >= 15 is 0 Å². The highest BCUT2D eigenvalue weighted by atomic mass is 127. The number of alkyl halides is 1. The van der Waals surface area contributed by atoms with Gasteiger partial charge in [-0.15, -0.1) is 0 Å². The summed E-state index contributed by atoms with van der Waals surface area (Å²) in [5, 5.41) is 0. The Morgan fingerprint density at radius 1 is 1.78 bits per heavy atom. The third kappa shape index (κ3) is 8.16. The van der Waals surface area contributed by atoms with Crippen LogP contribution in [0, 0.1) is 0 Å². The molecule has 0 aromatic carbocycles. The van der Waals surface area contributed by atoms with Crippen LogP contribution in [-0.4, -0.2) is 16.4 Å². The molecule has 0 unspecified atom stereocenters. The van der Waals surface area contributed by atoms with E-state index in [-0.39, 0.29) is 3.42 Å². The number of hydrogen-bond acceptors (Lipinski definition) is 3. The van der Waals surface area contributed by atoms with Crippen LogP contribution in [0.15, 0.2) is 0 Å². The SMILES string of the molecule is CC(C)(I)CNOC=O. The molecule has 0 saturated carbocycles. The van der Waals surface area contributed by atoms with Crippen LogP contribution in [0.2, 0.25) is 0 Å². The Labute approximate surface area is 68.2 Å². The maximum atomic E-state index is 9.60. The van der Waals surface area contributed by atoms with Gasteiger partial charge in [0.2, 0.25) is 0 Å². The number of hydroxylamine groups is 1. The van der Waals surface area contributed by atoms with Crippen LogP contribution in [0.4, 0.5) is 0 Å². The molecule has 0 aromatic rings. The third-order valence-corrected chi connectivity index (χ3v) is 1.01. The van der Waals surface area contributed by atoms with Gasteiger partial charge in [-0.3, -0.25) is 4.79 Å². The lowest BCUT2D eigenvalue weighted by Gasteiger charge is -2.14. The Balaban J connectivity index is 3.17.